The molecule has 0 aromatic heterocycles. The molecule has 124 valence electrons. The van der Waals surface area contributed by atoms with Crippen LogP contribution in [-0.4, -0.2) is 41.4 Å². The van der Waals surface area contributed by atoms with Crippen LogP contribution < -0.4 is 0 Å². The van der Waals surface area contributed by atoms with Gasteiger partial charge in [0.15, 0.2) is 0 Å². The maximum atomic E-state index is 12.4. The Morgan fingerprint density at radius 2 is 1.78 bits per heavy atom. The molecule has 4 atom stereocenters. The van der Waals surface area contributed by atoms with Gasteiger partial charge in [-0.2, -0.15) is 0 Å². The molecule has 2 saturated heterocycles. The lowest BCUT2D eigenvalue weighted by molar-refractivity contribution is -0.155. The Bertz CT molecular complexity index is 543. The Kier molecular flexibility index (Phi) is 4.81. The molecule has 0 spiro atoms. The van der Waals surface area contributed by atoms with Gasteiger partial charge in [-0.3, -0.25) is 9.69 Å². The summed E-state index contributed by atoms with van der Waals surface area (Å²) in [6.45, 7) is 4.46. The van der Waals surface area contributed by atoms with Crippen LogP contribution >= 0.6 is 0 Å². The Hall–Kier alpha value is -1.68. The molecule has 0 saturated carbocycles. The van der Waals surface area contributed by atoms with E-state index < -0.39 is 11.9 Å². The van der Waals surface area contributed by atoms with Gasteiger partial charge in [-0.25, -0.2) is 0 Å². The summed E-state index contributed by atoms with van der Waals surface area (Å²) >= 11 is 0. The molecule has 0 aliphatic carbocycles. The van der Waals surface area contributed by atoms with Gasteiger partial charge in [0.05, 0.1) is 0 Å². The Morgan fingerprint density at radius 1 is 1.17 bits per heavy atom. The lowest BCUT2D eigenvalue weighted by Crippen LogP contribution is -2.49. The van der Waals surface area contributed by atoms with Gasteiger partial charge in [0, 0.05) is 31.0 Å². The Labute approximate surface area is 137 Å². The van der Waals surface area contributed by atoms with Crippen molar-refractivity contribution in [3.8, 4) is 0 Å². The number of hydrogen-bond donors (Lipinski definition) is 0. The molecule has 1 unspecified atom stereocenters. The number of carbonyl (C=O) groups is 2. The van der Waals surface area contributed by atoms with E-state index in [2.05, 4.69) is 18.7 Å². The third kappa shape index (κ3) is 3.32. The summed E-state index contributed by atoms with van der Waals surface area (Å²) in [5, 5.41) is 0. The zero-order valence-electron chi connectivity index (χ0n) is 13.9. The largest absolute Gasteiger partial charge is 0.461 e. The van der Waals surface area contributed by atoms with Gasteiger partial charge in [0.2, 0.25) is 0 Å². The van der Waals surface area contributed by atoms with E-state index in [1.807, 2.05) is 18.2 Å². The van der Waals surface area contributed by atoms with Crippen LogP contribution in [-0.2, 0) is 14.3 Å². The van der Waals surface area contributed by atoms with Crippen LogP contribution in [0.3, 0.4) is 0 Å². The summed E-state index contributed by atoms with van der Waals surface area (Å²) in [5.41, 5.74) is 0.704. The van der Waals surface area contributed by atoms with Crippen molar-refractivity contribution in [3.05, 3.63) is 35.9 Å². The second-order valence-electron chi connectivity index (χ2n) is 6.98. The summed E-state index contributed by atoms with van der Waals surface area (Å²) in [6, 6.07) is 10.7. The van der Waals surface area contributed by atoms with Crippen LogP contribution in [0.1, 0.15) is 51.0 Å². The van der Waals surface area contributed by atoms with Crippen LogP contribution in [0.15, 0.2) is 30.3 Å². The van der Waals surface area contributed by atoms with Gasteiger partial charge in [0.1, 0.15) is 18.3 Å². The highest BCUT2D eigenvalue weighted by molar-refractivity contribution is 5.94. The highest BCUT2D eigenvalue weighted by Gasteiger charge is 2.43. The van der Waals surface area contributed by atoms with Crippen LogP contribution in [0.2, 0.25) is 0 Å². The van der Waals surface area contributed by atoms with Crippen molar-refractivity contribution in [2.75, 3.05) is 0 Å². The topological polar surface area (TPSA) is 46.6 Å². The van der Waals surface area contributed by atoms with E-state index in [4.69, 9.17) is 4.74 Å². The molecule has 2 aliphatic rings. The molecule has 23 heavy (non-hydrogen) atoms. The number of nitrogens with zero attached hydrogens (tertiary/aromatic N) is 1. The number of hydrogen-bond acceptors (Lipinski definition) is 4. The fourth-order valence-corrected chi connectivity index (χ4v) is 4.27. The minimum absolute atomic E-state index is 0.0545. The summed E-state index contributed by atoms with van der Waals surface area (Å²) in [5.74, 6) is -1.22. The maximum absolute atomic E-state index is 12.4. The fourth-order valence-electron chi connectivity index (χ4n) is 4.27. The van der Waals surface area contributed by atoms with E-state index in [9.17, 15) is 9.59 Å². The van der Waals surface area contributed by atoms with Crippen molar-refractivity contribution in [1.29, 1.82) is 0 Å². The number of ether oxygens (including phenoxy) is 1. The molecular weight excluding hydrogens is 290 g/mol. The van der Waals surface area contributed by atoms with Crippen molar-refractivity contribution in [1.82, 2.24) is 4.90 Å². The first-order valence-corrected chi connectivity index (χ1v) is 8.58. The monoisotopic (exact) mass is 315 g/mol. The normalized spacial score (nSPS) is 28.6. The molecule has 2 aliphatic heterocycles. The number of fused-ring (bicyclic) bond motifs is 2. The van der Waals surface area contributed by atoms with Gasteiger partial charge in [-0.1, -0.05) is 30.3 Å². The second kappa shape index (κ2) is 6.83. The van der Waals surface area contributed by atoms with E-state index in [1.165, 1.54) is 12.8 Å². The third-order valence-corrected chi connectivity index (χ3v) is 5.17. The summed E-state index contributed by atoms with van der Waals surface area (Å²) < 4.78 is 5.71. The van der Waals surface area contributed by atoms with Crippen molar-refractivity contribution >= 4 is 12.3 Å². The average Bonchev–Trinajstić information content (AvgIpc) is 2.81. The first kappa shape index (κ1) is 16.2. The predicted molar refractivity (Wildman–Crippen MR) is 88.1 cm³/mol. The van der Waals surface area contributed by atoms with Gasteiger partial charge in [0.25, 0.3) is 0 Å². The van der Waals surface area contributed by atoms with Gasteiger partial charge in [-0.05, 0) is 32.3 Å². The van der Waals surface area contributed by atoms with Crippen LogP contribution in [0, 0.1) is 0 Å². The number of esters is 1. The number of rotatable bonds is 5. The molecule has 0 N–H and O–H groups in total. The van der Waals surface area contributed by atoms with E-state index in [0.29, 0.717) is 30.0 Å². The standard InChI is InChI=1S/C19H25NO3/c1-13(2)20-15-8-9-16(20)11-17(10-15)23-19(22)18(12-21)14-6-4-3-5-7-14/h3-7,12-13,15-18H,8-11H2,1-2H3/t15-,16+,17?,18-/m0/s1. The molecular formula is C19H25NO3. The molecule has 1 aromatic rings. The number of aldehydes is 1. The first-order valence-electron chi connectivity index (χ1n) is 8.58. The number of piperidine rings is 1. The van der Waals surface area contributed by atoms with Crippen LogP contribution in [0.4, 0.5) is 0 Å². The SMILES string of the molecule is CC(C)N1[C@@H]2CC[C@H]1CC(OC(=O)[C@@H](C=O)c1ccccc1)C2. The smallest absolute Gasteiger partial charge is 0.320 e. The molecule has 2 bridgehead atoms. The zero-order valence-corrected chi connectivity index (χ0v) is 13.9. The Morgan fingerprint density at radius 3 is 2.30 bits per heavy atom. The highest BCUT2D eigenvalue weighted by atomic mass is 16.5. The zero-order chi connectivity index (χ0) is 16.4. The molecule has 4 heteroatoms. The van der Waals surface area contributed by atoms with Crippen molar-refractivity contribution in [2.45, 2.75) is 69.7 Å². The Balaban J connectivity index is 1.64. The van der Waals surface area contributed by atoms with Crippen molar-refractivity contribution < 1.29 is 14.3 Å². The van der Waals surface area contributed by atoms with Crippen molar-refractivity contribution in [3.63, 3.8) is 0 Å². The van der Waals surface area contributed by atoms with Gasteiger partial charge >= 0.3 is 5.97 Å². The van der Waals surface area contributed by atoms with Gasteiger partial charge in [-0.15, -0.1) is 0 Å². The minimum Gasteiger partial charge on any atom is -0.461 e. The molecule has 1 aromatic carbocycles. The predicted octanol–water partition coefficient (Wildman–Crippen LogP) is 2.92. The molecule has 4 nitrogen and oxygen atoms in total. The summed E-state index contributed by atoms with van der Waals surface area (Å²) in [4.78, 5) is 26.4. The molecule has 0 amide bonds. The summed E-state index contributed by atoms with van der Waals surface area (Å²) in [6.07, 6.45) is 4.79. The number of benzene rings is 1. The van der Waals surface area contributed by atoms with E-state index in [1.54, 1.807) is 12.1 Å². The minimum atomic E-state index is -0.808. The lowest BCUT2D eigenvalue weighted by Gasteiger charge is -2.41. The molecule has 2 heterocycles. The summed E-state index contributed by atoms with van der Waals surface area (Å²) in [7, 11) is 0. The van der Waals surface area contributed by atoms with E-state index in [0.717, 1.165) is 12.8 Å². The second-order valence-corrected chi connectivity index (χ2v) is 6.98. The quantitative estimate of drug-likeness (QED) is 0.476. The molecule has 3 rings (SSSR count). The van der Waals surface area contributed by atoms with E-state index in [-0.39, 0.29) is 6.10 Å². The van der Waals surface area contributed by atoms with Crippen molar-refractivity contribution in [2.24, 2.45) is 0 Å². The van der Waals surface area contributed by atoms with E-state index >= 15 is 0 Å². The fraction of sp³-hybridized carbons (Fsp3) is 0.579. The molecule has 2 fully saturated rings. The van der Waals surface area contributed by atoms with Gasteiger partial charge < -0.3 is 9.53 Å². The third-order valence-electron chi connectivity index (χ3n) is 5.17. The van der Waals surface area contributed by atoms with Crippen LogP contribution in [0.5, 0.6) is 0 Å². The lowest BCUT2D eigenvalue weighted by atomic mass is 9.97. The average molecular weight is 315 g/mol. The first-order chi connectivity index (χ1) is 11.1. The molecule has 0 radical (unpaired) electrons. The van der Waals surface area contributed by atoms with Crippen LogP contribution in [0.25, 0.3) is 0 Å². The number of carbonyl (C=O) groups excluding carboxylic acids is 2. The highest BCUT2D eigenvalue weighted by Crippen LogP contribution is 2.38. The maximum Gasteiger partial charge on any atom is 0.320 e.